The van der Waals surface area contributed by atoms with E-state index >= 15 is 0 Å². The highest BCUT2D eigenvalue weighted by Gasteiger charge is 2.24. The maximum absolute atomic E-state index is 5.29. The van der Waals surface area contributed by atoms with Gasteiger partial charge in [0.05, 0.1) is 12.8 Å². The van der Waals surface area contributed by atoms with Crippen LogP contribution < -0.4 is 4.74 Å². The zero-order valence-corrected chi connectivity index (χ0v) is 8.21. The maximum atomic E-state index is 5.29. The van der Waals surface area contributed by atoms with E-state index < -0.39 is 0 Å². The maximum Gasteiger partial charge on any atom is 0.140 e. The van der Waals surface area contributed by atoms with E-state index in [1.807, 2.05) is 6.20 Å². The van der Waals surface area contributed by atoms with Crippen LogP contribution in [0.4, 0.5) is 0 Å². The first-order valence-electron chi connectivity index (χ1n) is 4.88. The molecule has 1 heterocycles. The molecule has 0 spiro atoms. The van der Waals surface area contributed by atoms with Gasteiger partial charge < -0.3 is 4.74 Å². The van der Waals surface area contributed by atoms with Crippen LogP contribution in [0.5, 0.6) is 5.75 Å². The summed E-state index contributed by atoms with van der Waals surface area (Å²) in [6, 6.07) is 2.14. The number of hydrogen-bond donors (Lipinski definition) is 0. The molecule has 0 unspecified atom stereocenters. The fraction of sp³-hybridized carbons (Fsp3) is 0.545. The minimum absolute atomic E-state index is 0.757. The Labute approximate surface area is 78.9 Å². The molecule has 1 aromatic heterocycles. The number of methoxy groups -OCH3 is 1. The van der Waals surface area contributed by atoms with E-state index in [0.29, 0.717) is 0 Å². The predicted molar refractivity (Wildman–Crippen MR) is 52.1 cm³/mol. The van der Waals surface area contributed by atoms with Gasteiger partial charge in [-0.15, -0.1) is 0 Å². The predicted octanol–water partition coefficient (Wildman–Crippen LogP) is 2.53. The molecule has 0 amide bonds. The lowest BCUT2D eigenvalue weighted by Gasteiger charge is -2.07. The summed E-state index contributed by atoms with van der Waals surface area (Å²) in [7, 11) is 1.72. The molecule has 0 atom stereocenters. The highest BCUT2D eigenvalue weighted by Crippen LogP contribution is 2.41. The van der Waals surface area contributed by atoms with Gasteiger partial charge in [-0.25, -0.2) is 0 Å². The molecule has 1 aliphatic carbocycles. The number of aromatic nitrogens is 1. The van der Waals surface area contributed by atoms with Crippen LogP contribution >= 0.6 is 0 Å². The normalized spacial score (nSPS) is 15.8. The van der Waals surface area contributed by atoms with Crippen molar-refractivity contribution in [3.05, 3.63) is 23.5 Å². The molecule has 0 radical (unpaired) electrons. The number of pyridine rings is 1. The van der Waals surface area contributed by atoms with Crippen molar-refractivity contribution < 1.29 is 4.74 Å². The molecule has 13 heavy (non-hydrogen) atoms. The van der Waals surface area contributed by atoms with Crippen molar-refractivity contribution in [3.8, 4) is 5.75 Å². The van der Waals surface area contributed by atoms with Crippen LogP contribution in [0.2, 0.25) is 0 Å². The zero-order valence-electron chi connectivity index (χ0n) is 8.21. The summed E-state index contributed by atoms with van der Waals surface area (Å²) >= 11 is 0. The van der Waals surface area contributed by atoms with Crippen LogP contribution in [0, 0.1) is 0 Å². The molecule has 0 N–H and O–H groups in total. The number of aryl methyl sites for hydroxylation is 1. The van der Waals surface area contributed by atoms with E-state index in [0.717, 1.165) is 23.8 Å². The third-order valence-corrected chi connectivity index (χ3v) is 2.56. The lowest BCUT2D eigenvalue weighted by atomic mass is 10.1. The fourth-order valence-corrected chi connectivity index (χ4v) is 1.57. The second kappa shape index (κ2) is 3.36. The second-order valence-electron chi connectivity index (χ2n) is 3.55. The largest absolute Gasteiger partial charge is 0.495 e. The average Bonchev–Trinajstić information content (AvgIpc) is 3.00. The van der Waals surface area contributed by atoms with Crippen LogP contribution in [-0.2, 0) is 6.42 Å². The summed E-state index contributed by atoms with van der Waals surface area (Å²) in [5, 5.41) is 0. The van der Waals surface area contributed by atoms with Gasteiger partial charge in [0.15, 0.2) is 0 Å². The Morgan fingerprint density at radius 2 is 2.31 bits per heavy atom. The zero-order chi connectivity index (χ0) is 9.26. The summed E-state index contributed by atoms with van der Waals surface area (Å²) in [4.78, 5) is 4.40. The van der Waals surface area contributed by atoms with E-state index in [1.165, 1.54) is 18.4 Å². The van der Waals surface area contributed by atoms with Crippen LogP contribution in [0.15, 0.2) is 12.3 Å². The third-order valence-electron chi connectivity index (χ3n) is 2.56. The van der Waals surface area contributed by atoms with Gasteiger partial charge in [0.2, 0.25) is 0 Å². The van der Waals surface area contributed by atoms with Crippen molar-refractivity contribution in [1.29, 1.82) is 0 Å². The molecular formula is C11H15NO. The molecule has 0 saturated heterocycles. The first-order valence-corrected chi connectivity index (χ1v) is 4.88. The van der Waals surface area contributed by atoms with Crippen molar-refractivity contribution in [2.75, 3.05) is 7.11 Å². The minimum Gasteiger partial charge on any atom is -0.495 e. The summed E-state index contributed by atoms with van der Waals surface area (Å²) < 4.78 is 5.29. The van der Waals surface area contributed by atoms with E-state index in [1.54, 1.807) is 7.11 Å². The molecule has 70 valence electrons. The van der Waals surface area contributed by atoms with Gasteiger partial charge in [0.1, 0.15) is 5.75 Å². The number of ether oxygens (including phenoxy) is 1. The molecule has 1 fully saturated rings. The Kier molecular flexibility index (Phi) is 2.21. The van der Waals surface area contributed by atoms with E-state index in [2.05, 4.69) is 18.0 Å². The van der Waals surface area contributed by atoms with Gasteiger partial charge in [0.25, 0.3) is 0 Å². The standard InChI is InChI=1S/C11H15NO/c1-3-10-11(13-2)6-9(7-12-10)8-4-5-8/h6-8H,3-5H2,1-2H3. The molecule has 2 heteroatoms. The topological polar surface area (TPSA) is 22.1 Å². The Hall–Kier alpha value is -1.05. The molecule has 2 rings (SSSR count). The quantitative estimate of drug-likeness (QED) is 0.707. The molecule has 0 aliphatic heterocycles. The van der Waals surface area contributed by atoms with E-state index in [-0.39, 0.29) is 0 Å². The summed E-state index contributed by atoms with van der Waals surface area (Å²) in [5.74, 6) is 1.71. The monoisotopic (exact) mass is 177 g/mol. The number of rotatable bonds is 3. The van der Waals surface area contributed by atoms with Crippen LogP contribution in [0.3, 0.4) is 0 Å². The lowest BCUT2D eigenvalue weighted by Crippen LogP contribution is -1.95. The van der Waals surface area contributed by atoms with E-state index in [9.17, 15) is 0 Å². The van der Waals surface area contributed by atoms with Gasteiger partial charge in [-0.05, 0) is 36.8 Å². The molecule has 0 bridgehead atoms. The van der Waals surface area contributed by atoms with Crippen LogP contribution in [-0.4, -0.2) is 12.1 Å². The number of nitrogens with zero attached hydrogens (tertiary/aromatic N) is 1. The Morgan fingerprint density at radius 3 is 2.85 bits per heavy atom. The lowest BCUT2D eigenvalue weighted by molar-refractivity contribution is 0.406. The highest BCUT2D eigenvalue weighted by molar-refractivity contribution is 5.34. The van der Waals surface area contributed by atoms with Gasteiger partial charge >= 0.3 is 0 Å². The van der Waals surface area contributed by atoms with Crippen molar-refractivity contribution in [2.45, 2.75) is 32.1 Å². The summed E-state index contributed by atoms with van der Waals surface area (Å²) in [5.41, 5.74) is 2.40. The average molecular weight is 177 g/mol. The van der Waals surface area contributed by atoms with Gasteiger partial charge in [-0.1, -0.05) is 6.92 Å². The Balaban J connectivity index is 2.31. The van der Waals surface area contributed by atoms with Crippen molar-refractivity contribution in [1.82, 2.24) is 4.98 Å². The highest BCUT2D eigenvalue weighted by atomic mass is 16.5. The Bertz CT molecular complexity index is 305. The van der Waals surface area contributed by atoms with Crippen LogP contribution in [0.25, 0.3) is 0 Å². The van der Waals surface area contributed by atoms with Gasteiger partial charge in [-0.3, -0.25) is 4.98 Å². The van der Waals surface area contributed by atoms with E-state index in [4.69, 9.17) is 4.74 Å². The van der Waals surface area contributed by atoms with Crippen molar-refractivity contribution >= 4 is 0 Å². The summed E-state index contributed by atoms with van der Waals surface area (Å²) in [6.07, 6.45) is 5.57. The first-order chi connectivity index (χ1) is 6.35. The summed E-state index contributed by atoms with van der Waals surface area (Å²) in [6.45, 7) is 2.10. The minimum atomic E-state index is 0.757. The Morgan fingerprint density at radius 1 is 1.54 bits per heavy atom. The molecule has 1 saturated carbocycles. The fourth-order valence-electron chi connectivity index (χ4n) is 1.57. The van der Waals surface area contributed by atoms with Crippen LogP contribution in [0.1, 0.15) is 36.9 Å². The third kappa shape index (κ3) is 1.67. The molecular weight excluding hydrogens is 162 g/mol. The van der Waals surface area contributed by atoms with Crippen molar-refractivity contribution in [2.24, 2.45) is 0 Å². The first kappa shape index (κ1) is 8.54. The second-order valence-corrected chi connectivity index (χ2v) is 3.55. The molecule has 1 aromatic rings. The van der Waals surface area contributed by atoms with Gasteiger partial charge in [-0.2, -0.15) is 0 Å². The van der Waals surface area contributed by atoms with Crippen molar-refractivity contribution in [3.63, 3.8) is 0 Å². The number of hydrogen-bond acceptors (Lipinski definition) is 2. The smallest absolute Gasteiger partial charge is 0.140 e. The molecule has 0 aromatic carbocycles. The molecule has 2 nitrogen and oxygen atoms in total. The SMILES string of the molecule is CCc1ncc(C2CC2)cc1OC. The molecule has 1 aliphatic rings. The van der Waals surface area contributed by atoms with Gasteiger partial charge in [0, 0.05) is 6.20 Å².